The minimum Gasteiger partial charge on any atom is -0.321 e. The summed E-state index contributed by atoms with van der Waals surface area (Å²) in [6.07, 6.45) is 3.36. The number of thioether (sulfide) groups is 1. The normalized spacial score (nSPS) is 22.6. The van der Waals surface area contributed by atoms with Crippen LogP contribution < -0.4 is 5.32 Å². The molecule has 2 unspecified atom stereocenters. The molecular formula is C15H21FN2OS. The summed E-state index contributed by atoms with van der Waals surface area (Å²) in [6.45, 7) is 2.64. The summed E-state index contributed by atoms with van der Waals surface area (Å²) in [5.41, 5.74) is 0.556. The third kappa shape index (κ3) is 3.15. The SMILES string of the molecule is CCC1NC(c2ccccc2F)N(CCCSC)C1=O. The molecule has 5 heteroatoms. The average Bonchev–Trinajstić information content (AvgIpc) is 2.77. The highest BCUT2D eigenvalue weighted by molar-refractivity contribution is 7.98. The maximum absolute atomic E-state index is 14.0. The van der Waals surface area contributed by atoms with Gasteiger partial charge in [0.15, 0.2) is 0 Å². The van der Waals surface area contributed by atoms with E-state index >= 15 is 0 Å². The number of nitrogens with zero attached hydrogens (tertiary/aromatic N) is 1. The van der Waals surface area contributed by atoms with E-state index in [4.69, 9.17) is 0 Å². The molecule has 0 saturated carbocycles. The fourth-order valence-electron chi connectivity index (χ4n) is 2.54. The van der Waals surface area contributed by atoms with E-state index in [-0.39, 0.29) is 23.9 Å². The van der Waals surface area contributed by atoms with E-state index in [9.17, 15) is 9.18 Å². The van der Waals surface area contributed by atoms with Gasteiger partial charge < -0.3 is 4.90 Å². The number of carbonyl (C=O) groups is 1. The molecule has 0 bridgehead atoms. The molecule has 1 fully saturated rings. The zero-order valence-electron chi connectivity index (χ0n) is 11.9. The average molecular weight is 296 g/mol. The van der Waals surface area contributed by atoms with Crippen LogP contribution in [0.25, 0.3) is 0 Å². The van der Waals surface area contributed by atoms with Gasteiger partial charge in [-0.1, -0.05) is 25.1 Å². The van der Waals surface area contributed by atoms with Gasteiger partial charge in [0.25, 0.3) is 0 Å². The molecule has 1 N–H and O–H groups in total. The fraction of sp³-hybridized carbons (Fsp3) is 0.533. The first kappa shape index (κ1) is 15.3. The summed E-state index contributed by atoms with van der Waals surface area (Å²) >= 11 is 1.76. The minimum atomic E-state index is -0.337. The van der Waals surface area contributed by atoms with Gasteiger partial charge in [-0.25, -0.2) is 4.39 Å². The molecule has 1 aliphatic heterocycles. The van der Waals surface area contributed by atoms with Crippen molar-refractivity contribution in [2.75, 3.05) is 18.6 Å². The second-order valence-corrected chi connectivity index (χ2v) is 5.92. The van der Waals surface area contributed by atoms with E-state index in [1.54, 1.807) is 28.8 Å². The molecule has 1 aromatic rings. The van der Waals surface area contributed by atoms with Crippen molar-refractivity contribution >= 4 is 17.7 Å². The van der Waals surface area contributed by atoms with Crippen molar-refractivity contribution in [1.82, 2.24) is 10.2 Å². The quantitative estimate of drug-likeness (QED) is 0.819. The largest absolute Gasteiger partial charge is 0.321 e. The zero-order chi connectivity index (χ0) is 14.5. The second-order valence-electron chi connectivity index (χ2n) is 4.93. The zero-order valence-corrected chi connectivity index (χ0v) is 12.8. The molecule has 2 rings (SSSR count). The van der Waals surface area contributed by atoms with Gasteiger partial charge in [0.05, 0.1) is 6.04 Å². The van der Waals surface area contributed by atoms with Gasteiger partial charge in [0.2, 0.25) is 5.91 Å². The lowest BCUT2D eigenvalue weighted by Crippen LogP contribution is -2.32. The molecule has 0 radical (unpaired) electrons. The van der Waals surface area contributed by atoms with Gasteiger partial charge in [0, 0.05) is 12.1 Å². The molecule has 0 aromatic heterocycles. The van der Waals surface area contributed by atoms with Crippen LogP contribution in [0.1, 0.15) is 31.5 Å². The van der Waals surface area contributed by atoms with Crippen molar-refractivity contribution in [3.8, 4) is 0 Å². The monoisotopic (exact) mass is 296 g/mol. The Morgan fingerprint density at radius 3 is 2.80 bits per heavy atom. The summed E-state index contributed by atoms with van der Waals surface area (Å²) in [7, 11) is 0. The number of amides is 1. The first-order valence-corrected chi connectivity index (χ1v) is 8.38. The topological polar surface area (TPSA) is 32.3 Å². The number of carbonyl (C=O) groups excluding carboxylic acids is 1. The van der Waals surface area contributed by atoms with Crippen molar-refractivity contribution in [3.05, 3.63) is 35.6 Å². The summed E-state index contributed by atoms with van der Waals surface area (Å²) in [6, 6.07) is 6.48. The Morgan fingerprint density at radius 2 is 2.15 bits per heavy atom. The van der Waals surface area contributed by atoms with Gasteiger partial charge in [-0.2, -0.15) is 11.8 Å². The summed E-state index contributed by atoms with van der Waals surface area (Å²) in [5.74, 6) is 0.830. The number of halogens is 1. The Bertz CT molecular complexity index is 469. The lowest BCUT2D eigenvalue weighted by atomic mass is 10.1. The summed E-state index contributed by atoms with van der Waals surface area (Å²) in [5, 5.41) is 3.25. The van der Waals surface area contributed by atoms with Crippen LogP contribution in [0.4, 0.5) is 4.39 Å². The Kier molecular flexibility index (Phi) is 5.43. The molecule has 1 aromatic carbocycles. The van der Waals surface area contributed by atoms with Crippen molar-refractivity contribution in [2.24, 2.45) is 0 Å². The van der Waals surface area contributed by atoms with E-state index in [0.717, 1.165) is 18.6 Å². The molecule has 1 saturated heterocycles. The van der Waals surface area contributed by atoms with E-state index in [1.165, 1.54) is 6.07 Å². The lowest BCUT2D eigenvalue weighted by molar-refractivity contribution is -0.130. The van der Waals surface area contributed by atoms with E-state index < -0.39 is 0 Å². The van der Waals surface area contributed by atoms with Crippen LogP contribution in [-0.2, 0) is 4.79 Å². The van der Waals surface area contributed by atoms with E-state index in [2.05, 4.69) is 5.32 Å². The minimum absolute atomic E-state index is 0.0851. The highest BCUT2D eigenvalue weighted by Crippen LogP contribution is 2.28. The van der Waals surface area contributed by atoms with E-state index in [1.807, 2.05) is 19.2 Å². The number of hydrogen-bond donors (Lipinski definition) is 1. The first-order valence-electron chi connectivity index (χ1n) is 6.99. The molecule has 1 amide bonds. The van der Waals surface area contributed by atoms with Gasteiger partial charge in [-0.3, -0.25) is 10.1 Å². The van der Waals surface area contributed by atoms with Crippen LogP contribution in [0.15, 0.2) is 24.3 Å². The van der Waals surface area contributed by atoms with Crippen LogP contribution in [0.3, 0.4) is 0 Å². The number of hydrogen-bond acceptors (Lipinski definition) is 3. The highest BCUT2D eigenvalue weighted by Gasteiger charge is 2.39. The predicted octanol–water partition coefficient (Wildman–Crippen LogP) is 2.79. The van der Waals surface area contributed by atoms with Gasteiger partial charge >= 0.3 is 0 Å². The molecule has 3 nitrogen and oxygen atoms in total. The fourth-order valence-corrected chi connectivity index (χ4v) is 2.96. The Hall–Kier alpha value is -1.07. The number of benzene rings is 1. The van der Waals surface area contributed by atoms with Crippen molar-refractivity contribution in [1.29, 1.82) is 0 Å². The predicted molar refractivity (Wildman–Crippen MR) is 81.1 cm³/mol. The Balaban J connectivity index is 2.20. The smallest absolute Gasteiger partial charge is 0.241 e. The molecule has 1 heterocycles. The van der Waals surface area contributed by atoms with Crippen LogP contribution in [-0.4, -0.2) is 35.4 Å². The molecule has 2 atom stereocenters. The molecule has 20 heavy (non-hydrogen) atoms. The van der Waals surface area contributed by atoms with Crippen LogP contribution in [0.2, 0.25) is 0 Å². The number of nitrogens with one attached hydrogen (secondary N) is 1. The summed E-state index contributed by atoms with van der Waals surface area (Å²) < 4.78 is 14.0. The van der Waals surface area contributed by atoms with Crippen molar-refractivity contribution in [2.45, 2.75) is 32.0 Å². The molecule has 1 aliphatic rings. The molecule has 0 spiro atoms. The summed E-state index contributed by atoms with van der Waals surface area (Å²) in [4.78, 5) is 14.1. The molecule has 110 valence electrons. The maximum atomic E-state index is 14.0. The molecule has 0 aliphatic carbocycles. The van der Waals surface area contributed by atoms with Gasteiger partial charge in [0.1, 0.15) is 12.0 Å². The number of rotatable bonds is 6. The van der Waals surface area contributed by atoms with Crippen molar-refractivity contribution in [3.63, 3.8) is 0 Å². The highest BCUT2D eigenvalue weighted by atomic mass is 32.2. The van der Waals surface area contributed by atoms with Crippen LogP contribution >= 0.6 is 11.8 Å². The van der Waals surface area contributed by atoms with Gasteiger partial charge in [-0.05, 0) is 30.9 Å². The standard InChI is InChI=1S/C15H21FN2OS/c1-3-13-15(19)18(9-6-10-20-2)14(17-13)11-7-4-5-8-12(11)16/h4-5,7-8,13-14,17H,3,6,9-10H2,1-2H3. The molecular weight excluding hydrogens is 275 g/mol. The Labute approximate surface area is 123 Å². The maximum Gasteiger partial charge on any atom is 0.241 e. The van der Waals surface area contributed by atoms with Crippen molar-refractivity contribution < 1.29 is 9.18 Å². The third-order valence-corrected chi connectivity index (χ3v) is 4.30. The van der Waals surface area contributed by atoms with E-state index in [0.29, 0.717) is 12.1 Å². The van der Waals surface area contributed by atoms with Crippen LogP contribution in [0.5, 0.6) is 0 Å². The first-order chi connectivity index (χ1) is 9.69. The van der Waals surface area contributed by atoms with Gasteiger partial charge in [-0.15, -0.1) is 0 Å². The van der Waals surface area contributed by atoms with Crippen LogP contribution in [0, 0.1) is 5.82 Å². The third-order valence-electron chi connectivity index (χ3n) is 3.61. The second kappa shape index (κ2) is 7.09. The Morgan fingerprint density at radius 1 is 1.40 bits per heavy atom. The lowest BCUT2D eigenvalue weighted by Gasteiger charge is -2.24.